The lowest BCUT2D eigenvalue weighted by molar-refractivity contribution is -0.121. The highest BCUT2D eigenvalue weighted by Crippen LogP contribution is 2.38. The van der Waals surface area contributed by atoms with Crippen molar-refractivity contribution in [1.29, 1.82) is 0 Å². The average Bonchev–Trinajstić information content (AvgIpc) is 2.93. The van der Waals surface area contributed by atoms with Gasteiger partial charge in [0.15, 0.2) is 5.17 Å². The predicted molar refractivity (Wildman–Crippen MR) is 109 cm³/mol. The molecule has 3 rings (SSSR count). The van der Waals surface area contributed by atoms with E-state index in [1.807, 2.05) is 31.2 Å². The van der Waals surface area contributed by atoms with Gasteiger partial charge in [-0.05, 0) is 48.0 Å². The second kappa shape index (κ2) is 7.76. The van der Waals surface area contributed by atoms with Gasteiger partial charge in [0, 0.05) is 24.6 Å². The van der Waals surface area contributed by atoms with E-state index >= 15 is 0 Å². The van der Waals surface area contributed by atoms with Crippen LogP contribution >= 0.6 is 23.4 Å². The number of hydrogen-bond donors (Lipinski definition) is 1. The highest BCUT2D eigenvalue weighted by molar-refractivity contribution is 8.18. The van der Waals surface area contributed by atoms with Gasteiger partial charge >= 0.3 is 0 Å². The van der Waals surface area contributed by atoms with Crippen molar-refractivity contribution >= 4 is 51.4 Å². The number of thioether (sulfide) groups is 1. The van der Waals surface area contributed by atoms with Gasteiger partial charge in [0.05, 0.1) is 15.6 Å². The Balaban J connectivity index is 2.05. The molecule has 1 aromatic heterocycles. The maximum Gasteiger partial charge on any atom is 0.267 e. The topological polar surface area (TPSA) is 71.6 Å². The molecule has 2 heterocycles. The first-order valence-corrected chi connectivity index (χ1v) is 9.06. The van der Waals surface area contributed by atoms with Gasteiger partial charge in [-0.2, -0.15) is 0 Å². The largest absolute Gasteiger partial charge is 0.399 e. The van der Waals surface area contributed by atoms with Crippen molar-refractivity contribution in [2.75, 3.05) is 12.3 Å². The molecule has 7 heteroatoms. The van der Waals surface area contributed by atoms with Gasteiger partial charge in [0.1, 0.15) is 0 Å². The van der Waals surface area contributed by atoms with E-state index in [1.54, 1.807) is 23.2 Å². The van der Waals surface area contributed by atoms with Crippen LogP contribution in [0.4, 0.5) is 11.4 Å². The number of rotatable bonds is 4. The SMILES string of the molecule is C=CCN1C(=O)/C(=C(\C)c2cccc(N)c2)SC1=Nc1ccncc1Cl. The Bertz CT molecular complexity index is 939. The van der Waals surface area contributed by atoms with Gasteiger partial charge in [-0.3, -0.25) is 14.7 Å². The summed E-state index contributed by atoms with van der Waals surface area (Å²) in [5, 5.41) is 0.984. The molecule has 132 valence electrons. The lowest BCUT2D eigenvalue weighted by Crippen LogP contribution is -2.29. The van der Waals surface area contributed by atoms with Crippen LogP contribution in [0, 0.1) is 0 Å². The van der Waals surface area contributed by atoms with Crippen LogP contribution in [-0.4, -0.2) is 27.5 Å². The summed E-state index contributed by atoms with van der Waals surface area (Å²) in [4.78, 5) is 23.6. The van der Waals surface area contributed by atoms with Gasteiger partial charge in [0.2, 0.25) is 0 Å². The van der Waals surface area contributed by atoms with Gasteiger partial charge in [0.25, 0.3) is 5.91 Å². The first-order valence-electron chi connectivity index (χ1n) is 7.87. The highest BCUT2D eigenvalue weighted by Gasteiger charge is 2.34. The van der Waals surface area contributed by atoms with Crippen LogP contribution in [0.2, 0.25) is 5.02 Å². The van der Waals surface area contributed by atoms with Crippen LogP contribution in [0.25, 0.3) is 5.57 Å². The molecule has 1 aromatic carbocycles. The molecule has 1 fully saturated rings. The van der Waals surface area contributed by atoms with Crippen molar-refractivity contribution in [3.8, 4) is 0 Å². The molecule has 2 aromatic rings. The Morgan fingerprint density at radius 2 is 2.27 bits per heavy atom. The minimum absolute atomic E-state index is 0.112. The Kier molecular flexibility index (Phi) is 5.44. The molecule has 26 heavy (non-hydrogen) atoms. The quantitative estimate of drug-likeness (QED) is 0.478. The number of carbonyl (C=O) groups is 1. The zero-order valence-corrected chi connectivity index (χ0v) is 15.7. The first-order chi connectivity index (χ1) is 12.5. The number of amidine groups is 1. The summed E-state index contributed by atoms with van der Waals surface area (Å²) in [5.41, 5.74) is 8.84. The monoisotopic (exact) mass is 384 g/mol. The number of allylic oxidation sites excluding steroid dienone is 1. The molecule has 0 saturated carbocycles. The van der Waals surface area contributed by atoms with Crippen LogP contribution in [0.1, 0.15) is 12.5 Å². The summed E-state index contributed by atoms with van der Waals surface area (Å²) < 4.78 is 0. The Morgan fingerprint density at radius 3 is 2.96 bits per heavy atom. The van der Waals surface area contributed by atoms with Crippen molar-refractivity contribution in [2.24, 2.45) is 4.99 Å². The number of aliphatic imine (C=N–C) groups is 1. The summed E-state index contributed by atoms with van der Waals surface area (Å²) in [5.74, 6) is -0.112. The predicted octanol–water partition coefficient (Wildman–Crippen LogP) is 4.50. The van der Waals surface area contributed by atoms with Crippen molar-refractivity contribution in [1.82, 2.24) is 9.88 Å². The van der Waals surface area contributed by atoms with Crippen LogP contribution in [-0.2, 0) is 4.79 Å². The number of nitrogen functional groups attached to an aromatic ring is 1. The lowest BCUT2D eigenvalue weighted by Gasteiger charge is -2.13. The number of nitrogens with two attached hydrogens (primary N) is 1. The van der Waals surface area contributed by atoms with Crippen molar-refractivity contribution in [2.45, 2.75) is 6.92 Å². The van der Waals surface area contributed by atoms with Crippen LogP contribution in [0.3, 0.4) is 0 Å². The molecule has 1 aliphatic rings. The lowest BCUT2D eigenvalue weighted by atomic mass is 10.1. The molecular formula is C19H17ClN4OS. The molecule has 0 radical (unpaired) electrons. The van der Waals surface area contributed by atoms with Crippen molar-refractivity contribution < 1.29 is 4.79 Å². The smallest absolute Gasteiger partial charge is 0.267 e. The van der Waals surface area contributed by atoms with Gasteiger partial charge in [-0.1, -0.05) is 29.8 Å². The number of aromatic nitrogens is 1. The fraction of sp³-hybridized carbons (Fsp3) is 0.105. The van der Waals surface area contributed by atoms with E-state index in [0.717, 1.165) is 11.1 Å². The molecule has 2 N–H and O–H groups in total. The maximum absolute atomic E-state index is 12.9. The first kappa shape index (κ1) is 18.2. The summed E-state index contributed by atoms with van der Waals surface area (Å²) >= 11 is 7.47. The standard InChI is InChI=1S/C19H17ClN4OS/c1-3-9-24-18(25)17(12(2)13-5-4-6-14(21)10-13)26-19(24)23-16-7-8-22-11-15(16)20/h3-8,10-11H,1,9,21H2,2H3/b17-12-,23-19?. The molecule has 1 amide bonds. The number of halogens is 1. The molecule has 1 saturated heterocycles. The second-order valence-corrected chi connectivity index (χ2v) is 6.99. The van der Waals surface area contributed by atoms with Gasteiger partial charge in [-0.25, -0.2) is 4.99 Å². The Hall–Kier alpha value is -2.57. The van der Waals surface area contributed by atoms with E-state index in [0.29, 0.717) is 33.0 Å². The highest BCUT2D eigenvalue weighted by atomic mass is 35.5. The van der Waals surface area contributed by atoms with Crippen LogP contribution < -0.4 is 5.73 Å². The number of amides is 1. The number of hydrogen-bond acceptors (Lipinski definition) is 5. The fourth-order valence-corrected chi connectivity index (χ4v) is 3.70. The zero-order chi connectivity index (χ0) is 18.7. The number of pyridine rings is 1. The number of anilines is 1. The molecular weight excluding hydrogens is 368 g/mol. The molecule has 0 unspecified atom stereocenters. The molecule has 1 aliphatic heterocycles. The molecule has 0 spiro atoms. The third kappa shape index (κ3) is 3.66. The van der Waals surface area contributed by atoms with Crippen LogP contribution in [0.5, 0.6) is 0 Å². The third-order valence-electron chi connectivity index (χ3n) is 3.80. The molecule has 0 atom stereocenters. The van der Waals surface area contributed by atoms with E-state index in [1.165, 1.54) is 18.0 Å². The molecule has 5 nitrogen and oxygen atoms in total. The fourth-order valence-electron chi connectivity index (χ4n) is 2.47. The maximum atomic E-state index is 12.9. The summed E-state index contributed by atoms with van der Waals surface area (Å²) in [6.07, 6.45) is 4.80. The summed E-state index contributed by atoms with van der Waals surface area (Å²) in [6.45, 7) is 6.00. The molecule has 0 bridgehead atoms. The summed E-state index contributed by atoms with van der Waals surface area (Å²) in [7, 11) is 0. The normalized spacial score (nSPS) is 17.7. The average molecular weight is 385 g/mol. The Morgan fingerprint density at radius 1 is 1.46 bits per heavy atom. The number of benzene rings is 1. The Labute approximate surface area is 161 Å². The van der Waals surface area contributed by atoms with E-state index in [-0.39, 0.29) is 5.91 Å². The van der Waals surface area contributed by atoms with Gasteiger partial charge in [-0.15, -0.1) is 6.58 Å². The minimum Gasteiger partial charge on any atom is -0.399 e. The number of nitrogens with zero attached hydrogens (tertiary/aromatic N) is 3. The van der Waals surface area contributed by atoms with Crippen molar-refractivity contribution in [3.05, 3.63) is 70.9 Å². The summed E-state index contributed by atoms with van der Waals surface area (Å²) in [6, 6.07) is 9.17. The minimum atomic E-state index is -0.112. The van der Waals surface area contributed by atoms with Crippen LogP contribution in [0.15, 0.2) is 65.3 Å². The zero-order valence-electron chi connectivity index (χ0n) is 14.1. The van der Waals surface area contributed by atoms with E-state index < -0.39 is 0 Å². The van der Waals surface area contributed by atoms with E-state index in [4.69, 9.17) is 17.3 Å². The van der Waals surface area contributed by atoms with E-state index in [9.17, 15) is 4.79 Å². The number of carbonyl (C=O) groups excluding carboxylic acids is 1. The van der Waals surface area contributed by atoms with Crippen molar-refractivity contribution in [3.63, 3.8) is 0 Å². The second-order valence-electron chi connectivity index (χ2n) is 5.61. The van der Waals surface area contributed by atoms with E-state index in [2.05, 4.69) is 16.6 Å². The van der Waals surface area contributed by atoms with Gasteiger partial charge < -0.3 is 5.73 Å². The molecule has 0 aliphatic carbocycles. The third-order valence-corrected chi connectivity index (χ3v) is 5.27.